The highest BCUT2D eigenvalue weighted by Crippen LogP contribution is 2.24. The van der Waals surface area contributed by atoms with Crippen LogP contribution in [0.15, 0.2) is 18.2 Å². The Morgan fingerprint density at radius 3 is 3.06 bits per heavy atom. The van der Waals surface area contributed by atoms with Crippen molar-refractivity contribution in [3.8, 4) is 0 Å². The number of ether oxygens (including phenoxy) is 1. The number of fused-ring (bicyclic) bond motifs is 1. The van der Waals surface area contributed by atoms with Crippen molar-refractivity contribution in [1.82, 2.24) is 4.90 Å². The van der Waals surface area contributed by atoms with E-state index in [-0.39, 0.29) is 0 Å². The van der Waals surface area contributed by atoms with Gasteiger partial charge in [-0.15, -0.1) is 0 Å². The zero-order valence-corrected chi connectivity index (χ0v) is 11.6. The highest BCUT2D eigenvalue weighted by atomic mass is 32.2. The fourth-order valence-corrected chi connectivity index (χ4v) is 3.19. The molecule has 2 nitrogen and oxygen atoms in total. The van der Waals surface area contributed by atoms with Gasteiger partial charge in [0.05, 0.1) is 13.2 Å². The van der Waals surface area contributed by atoms with Gasteiger partial charge in [0.15, 0.2) is 0 Å². The smallest absolute Gasteiger partial charge is 0.0719 e. The molecule has 0 saturated heterocycles. The SMILES string of the molecule is CN(C)CCSCc1cccc2c1CCOC2. The van der Waals surface area contributed by atoms with Crippen molar-refractivity contribution in [2.75, 3.05) is 33.0 Å². The van der Waals surface area contributed by atoms with Crippen LogP contribution in [-0.4, -0.2) is 37.9 Å². The third kappa shape index (κ3) is 3.73. The first-order chi connectivity index (χ1) is 8.27. The van der Waals surface area contributed by atoms with E-state index in [9.17, 15) is 0 Å². The second kappa shape index (κ2) is 6.43. The van der Waals surface area contributed by atoms with E-state index in [1.54, 1.807) is 0 Å². The van der Waals surface area contributed by atoms with Crippen molar-refractivity contribution < 1.29 is 4.74 Å². The highest BCUT2D eigenvalue weighted by Gasteiger charge is 2.12. The third-order valence-corrected chi connectivity index (χ3v) is 4.05. The van der Waals surface area contributed by atoms with Gasteiger partial charge in [0, 0.05) is 18.1 Å². The van der Waals surface area contributed by atoms with E-state index in [4.69, 9.17) is 4.74 Å². The van der Waals surface area contributed by atoms with Crippen LogP contribution in [0.3, 0.4) is 0 Å². The molecular formula is C14H21NOS. The van der Waals surface area contributed by atoms with E-state index in [2.05, 4.69) is 37.2 Å². The second-order valence-electron chi connectivity index (χ2n) is 4.71. The molecule has 0 bridgehead atoms. The summed E-state index contributed by atoms with van der Waals surface area (Å²) in [6.07, 6.45) is 1.08. The standard InChI is InChI=1S/C14H21NOS/c1-15(2)7-9-17-11-13-5-3-4-12-10-16-8-6-14(12)13/h3-5H,6-11H2,1-2H3. The van der Waals surface area contributed by atoms with E-state index in [1.165, 1.54) is 22.4 Å². The van der Waals surface area contributed by atoms with Gasteiger partial charge in [-0.3, -0.25) is 0 Å². The summed E-state index contributed by atoms with van der Waals surface area (Å²) < 4.78 is 5.49. The highest BCUT2D eigenvalue weighted by molar-refractivity contribution is 7.98. The summed E-state index contributed by atoms with van der Waals surface area (Å²) in [5, 5.41) is 0. The van der Waals surface area contributed by atoms with Crippen molar-refractivity contribution in [3.63, 3.8) is 0 Å². The molecule has 0 atom stereocenters. The Hall–Kier alpha value is -0.510. The maximum atomic E-state index is 5.49. The quantitative estimate of drug-likeness (QED) is 0.746. The fourth-order valence-electron chi connectivity index (χ4n) is 2.07. The monoisotopic (exact) mass is 251 g/mol. The lowest BCUT2D eigenvalue weighted by molar-refractivity contribution is 0.110. The van der Waals surface area contributed by atoms with Gasteiger partial charge in [-0.1, -0.05) is 18.2 Å². The van der Waals surface area contributed by atoms with Crippen LogP contribution in [0.1, 0.15) is 16.7 Å². The lowest BCUT2D eigenvalue weighted by Gasteiger charge is -2.19. The zero-order chi connectivity index (χ0) is 12.1. The van der Waals surface area contributed by atoms with E-state index >= 15 is 0 Å². The molecule has 0 aliphatic carbocycles. The molecule has 1 aliphatic heterocycles. The maximum absolute atomic E-state index is 5.49. The minimum Gasteiger partial charge on any atom is -0.376 e. The molecule has 2 rings (SSSR count). The Kier molecular flexibility index (Phi) is 4.89. The molecule has 94 valence electrons. The summed E-state index contributed by atoms with van der Waals surface area (Å²) in [6.45, 7) is 2.83. The van der Waals surface area contributed by atoms with E-state index in [0.717, 1.165) is 31.9 Å². The predicted molar refractivity (Wildman–Crippen MR) is 74.5 cm³/mol. The number of thioether (sulfide) groups is 1. The molecule has 17 heavy (non-hydrogen) atoms. The van der Waals surface area contributed by atoms with Gasteiger partial charge in [0.1, 0.15) is 0 Å². The van der Waals surface area contributed by atoms with Gasteiger partial charge in [-0.05, 0) is 37.2 Å². The van der Waals surface area contributed by atoms with Crippen LogP contribution < -0.4 is 0 Å². The Balaban J connectivity index is 1.92. The van der Waals surface area contributed by atoms with E-state index in [0.29, 0.717) is 0 Å². The molecule has 0 aromatic heterocycles. The van der Waals surface area contributed by atoms with Crippen LogP contribution >= 0.6 is 11.8 Å². The molecule has 0 unspecified atom stereocenters. The van der Waals surface area contributed by atoms with Crippen LogP contribution in [0, 0.1) is 0 Å². The first kappa shape index (κ1) is 12.9. The number of hydrogen-bond acceptors (Lipinski definition) is 3. The third-order valence-electron chi connectivity index (χ3n) is 3.06. The summed E-state index contributed by atoms with van der Waals surface area (Å²) in [5.74, 6) is 2.34. The Bertz CT molecular complexity index is 365. The summed E-state index contributed by atoms with van der Waals surface area (Å²) in [7, 11) is 4.25. The van der Waals surface area contributed by atoms with Gasteiger partial charge in [0.25, 0.3) is 0 Å². The van der Waals surface area contributed by atoms with Gasteiger partial charge >= 0.3 is 0 Å². The molecular weight excluding hydrogens is 230 g/mol. The average Bonchev–Trinajstić information content (AvgIpc) is 2.34. The van der Waals surface area contributed by atoms with Crippen LogP contribution in [0.4, 0.5) is 0 Å². The van der Waals surface area contributed by atoms with Crippen LogP contribution in [0.2, 0.25) is 0 Å². The molecule has 0 N–H and O–H groups in total. The van der Waals surface area contributed by atoms with Crippen molar-refractivity contribution in [3.05, 3.63) is 34.9 Å². The van der Waals surface area contributed by atoms with Crippen molar-refractivity contribution >= 4 is 11.8 Å². The molecule has 1 heterocycles. The van der Waals surface area contributed by atoms with Crippen molar-refractivity contribution in [2.45, 2.75) is 18.8 Å². The Morgan fingerprint density at radius 1 is 1.35 bits per heavy atom. The van der Waals surface area contributed by atoms with Crippen LogP contribution in [0.5, 0.6) is 0 Å². The molecule has 1 aromatic carbocycles. The molecule has 1 aromatic rings. The summed E-state index contributed by atoms with van der Waals surface area (Å²) in [4.78, 5) is 2.24. The summed E-state index contributed by atoms with van der Waals surface area (Å²) in [5.41, 5.74) is 4.44. The molecule has 0 saturated carbocycles. The summed E-state index contributed by atoms with van der Waals surface area (Å²) >= 11 is 2.03. The van der Waals surface area contributed by atoms with Gasteiger partial charge in [0.2, 0.25) is 0 Å². The van der Waals surface area contributed by atoms with E-state index < -0.39 is 0 Å². The van der Waals surface area contributed by atoms with Crippen LogP contribution in [-0.2, 0) is 23.5 Å². The van der Waals surface area contributed by atoms with Gasteiger partial charge in [-0.25, -0.2) is 0 Å². The maximum Gasteiger partial charge on any atom is 0.0719 e. The molecule has 3 heteroatoms. The Labute approximate surface area is 108 Å². The molecule has 0 radical (unpaired) electrons. The second-order valence-corrected chi connectivity index (χ2v) is 5.82. The molecule has 0 amide bonds. The first-order valence-electron chi connectivity index (χ1n) is 6.17. The lowest BCUT2D eigenvalue weighted by atomic mass is 9.98. The lowest BCUT2D eigenvalue weighted by Crippen LogP contribution is -2.15. The Morgan fingerprint density at radius 2 is 2.24 bits per heavy atom. The first-order valence-corrected chi connectivity index (χ1v) is 7.32. The van der Waals surface area contributed by atoms with Crippen molar-refractivity contribution in [1.29, 1.82) is 0 Å². The zero-order valence-electron chi connectivity index (χ0n) is 10.7. The van der Waals surface area contributed by atoms with Crippen LogP contribution in [0.25, 0.3) is 0 Å². The number of benzene rings is 1. The van der Waals surface area contributed by atoms with Crippen molar-refractivity contribution in [2.24, 2.45) is 0 Å². The normalized spacial score (nSPS) is 15.0. The minimum atomic E-state index is 0.797. The summed E-state index contributed by atoms with van der Waals surface area (Å²) in [6, 6.07) is 6.63. The topological polar surface area (TPSA) is 12.5 Å². The molecule has 0 spiro atoms. The van der Waals surface area contributed by atoms with Gasteiger partial charge < -0.3 is 9.64 Å². The van der Waals surface area contributed by atoms with Gasteiger partial charge in [-0.2, -0.15) is 11.8 Å². The molecule has 0 fully saturated rings. The number of hydrogen-bond donors (Lipinski definition) is 0. The fraction of sp³-hybridized carbons (Fsp3) is 0.571. The predicted octanol–water partition coefficient (Wildman–Crippen LogP) is 2.55. The minimum absolute atomic E-state index is 0.797. The number of nitrogens with zero attached hydrogens (tertiary/aromatic N) is 1. The number of rotatable bonds is 5. The van der Waals surface area contributed by atoms with E-state index in [1.807, 2.05) is 11.8 Å². The largest absolute Gasteiger partial charge is 0.376 e. The average molecular weight is 251 g/mol. The molecule has 1 aliphatic rings.